The first-order valence-corrected chi connectivity index (χ1v) is 12.3. The number of fused-ring (bicyclic) bond motifs is 3. The fourth-order valence-electron chi connectivity index (χ4n) is 5.92. The average molecular weight is 498 g/mol. The number of alkyl halides is 3. The van der Waals surface area contributed by atoms with E-state index in [1.165, 1.54) is 12.1 Å². The molecule has 3 aliphatic rings. The minimum Gasteiger partial charge on any atom is -0.338 e. The highest BCUT2D eigenvalue weighted by atomic mass is 19.4. The molecule has 0 saturated heterocycles. The molecule has 3 aliphatic carbocycles. The van der Waals surface area contributed by atoms with Gasteiger partial charge in [0, 0.05) is 31.1 Å². The van der Waals surface area contributed by atoms with Gasteiger partial charge in [-0.05, 0) is 55.6 Å². The molecular formula is C27H30F3N5O. The zero-order chi connectivity index (χ0) is 25.4. The smallest absolute Gasteiger partial charge is 0.338 e. The summed E-state index contributed by atoms with van der Waals surface area (Å²) in [5, 5.41) is 14.6. The summed E-state index contributed by atoms with van der Waals surface area (Å²) in [4.78, 5) is 12.4. The van der Waals surface area contributed by atoms with Crippen LogP contribution in [0.25, 0.3) is 11.4 Å². The van der Waals surface area contributed by atoms with Gasteiger partial charge in [-0.25, -0.2) is 4.79 Å². The van der Waals surface area contributed by atoms with E-state index in [1.807, 2.05) is 30.3 Å². The lowest BCUT2D eigenvalue weighted by molar-refractivity contribution is -0.137. The van der Waals surface area contributed by atoms with Crippen LogP contribution in [0, 0.1) is 5.41 Å². The van der Waals surface area contributed by atoms with E-state index in [2.05, 4.69) is 20.8 Å². The van der Waals surface area contributed by atoms with Crippen molar-refractivity contribution in [2.45, 2.75) is 56.7 Å². The molecule has 6 nitrogen and oxygen atoms in total. The molecule has 1 aromatic heterocycles. The topological polar surface area (TPSA) is 71.8 Å². The largest absolute Gasteiger partial charge is 0.417 e. The lowest BCUT2D eigenvalue weighted by atomic mass is 9.53. The fraction of sp³-hybridized carbons (Fsp3) is 0.444. The van der Waals surface area contributed by atoms with Crippen LogP contribution < -0.4 is 10.6 Å². The normalized spacial score (nSPS) is 23.4. The molecule has 6 rings (SSSR count). The molecule has 3 fully saturated rings. The molecule has 2 aromatic carbocycles. The van der Waals surface area contributed by atoms with E-state index >= 15 is 0 Å². The number of amides is 2. The van der Waals surface area contributed by atoms with E-state index in [0.29, 0.717) is 13.1 Å². The molecule has 3 aromatic rings. The van der Waals surface area contributed by atoms with E-state index in [1.54, 1.807) is 17.7 Å². The maximum Gasteiger partial charge on any atom is 0.417 e. The lowest BCUT2D eigenvalue weighted by Gasteiger charge is -2.52. The molecule has 9 heteroatoms. The van der Waals surface area contributed by atoms with Crippen molar-refractivity contribution in [2.24, 2.45) is 12.5 Å². The number of hydrogen-bond acceptors (Lipinski definition) is 3. The molecule has 0 aliphatic heterocycles. The first-order valence-electron chi connectivity index (χ1n) is 12.3. The van der Waals surface area contributed by atoms with Crippen LogP contribution >= 0.6 is 0 Å². The number of carbonyl (C=O) groups is 1. The van der Waals surface area contributed by atoms with E-state index in [0.717, 1.165) is 56.0 Å². The molecule has 36 heavy (non-hydrogen) atoms. The molecule has 3 saturated carbocycles. The molecule has 0 atom stereocenters. The Kier molecular flexibility index (Phi) is 6.26. The van der Waals surface area contributed by atoms with Gasteiger partial charge >= 0.3 is 12.2 Å². The van der Waals surface area contributed by atoms with E-state index in [4.69, 9.17) is 0 Å². The number of rotatable bonds is 6. The third-order valence-electron chi connectivity index (χ3n) is 8.14. The van der Waals surface area contributed by atoms with Crippen molar-refractivity contribution in [3.63, 3.8) is 0 Å². The molecule has 0 spiro atoms. The van der Waals surface area contributed by atoms with Crippen LogP contribution in [0.3, 0.4) is 0 Å². The Hall–Kier alpha value is -3.36. The van der Waals surface area contributed by atoms with Gasteiger partial charge in [0.05, 0.1) is 5.56 Å². The number of nitrogens with one attached hydrogen (secondary N) is 2. The van der Waals surface area contributed by atoms with Gasteiger partial charge < -0.3 is 15.2 Å². The summed E-state index contributed by atoms with van der Waals surface area (Å²) in [7, 11) is 1.77. The van der Waals surface area contributed by atoms with Crippen molar-refractivity contribution >= 4 is 6.03 Å². The van der Waals surface area contributed by atoms with Crippen LogP contribution in [0.4, 0.5) is 18.0 Å². The van der Waals surface area contributed by atoms with Gasteiger partial charge in [0.25, 0.3) is 0 Å². The van der Waals surface area contributed by atoms with E-state index < -0.39 is 11.7 Å². The highest BCUT2D eigenvalue weighted by molar-refractivity contribution is 5.73. The third kappa shape index (κ3) is 4.58. The van der Waals surface area contributed by atoms with Gasteiger partial charge in [-0.15, -0.1) is 10.2 Å². The van der Waals surface area contributed by atoms with Crippen LogP contribution in [-0.2, 0) is 25.2 Å². The van der Waals surface area contributed by atoms with E-state index in [9.17, 15) is 18.0 Å². The second kappa shape index (κ2) is 9.26. The monoisotopic (exact) mass is 497 g/mol. The summed E-state index contributed by atoms with van der Waals surface area (Å²) in [6.45, 7) is 1.10. The van der Waals surface area contributed by atoms with Gasteiger partial charge in [-0.1, -0.05) is 48.5 Å². The zero-order valence-corrected chi connectivity index (χ0v) is 20.2. The predicted molar refractivity (Wildman–Crippen MR) is 130 cm³/mol. The van der Waals surface area contributed by atoms with Crippen LogP contribution in [0.1, 0.15) is 55.5 Å². The minimum absolute atomic E-state index is 0.0503. The molecule has 1 heterocycles. The number of hydrogen-bond donors (Lipinski definition) is 2. The van der Waals surface area contributed by atoms with Gasteiger partial charge in [0.1, 0.15) is 5.82 Å². The number of urea groups is 1. The first-order chi connectivity index (χ1) is 17.2. The van der Waals surface area contributed by atoms with Crippen LogP contribution in [0.2, 0.25) is 0 Å². The Balaban J connectivity index is 1.24. The van der Waals surface area contributed by atoms with Gasteiger partial charge in [-0.2, -0.15) is 13.2 Å². The Labute approximate surface area is 208 Å². The Bertz CT molecular complexity index is 1210. The summed E-state index contributed by atoms with van der Waals surface area (Å²) in [5.41, 5.74) is 0.259. The van der Waals surface area contributed by atoms with Crippen LogP contribution in [-0.4, -0.2) is 27.3 Å². The number of nitrogens with zero attached hydrogens (tertiary/aromatic N) is 3. The van der Waals surface area contributed by atoms with E-state index in [-0.39, 0.29) is 28.2 Å². The number of benzene rings is 2. The van der Waals surface area contributed by atoms with Crippen molar-refractivity contribution in [2.75, 3.05) is 6.54 Å². The fourth-order valence-corrected chi connectivity index (χ4v) is 5.92. The number of halogens is 3. The average Bonchev–Trinajstić information content (AvgIpc) is 3.29. The Morgan fingerprint density at radius 3 is 2.22 bits per heavy atom. The Morgan fingerprint density at radius 1 is 0.917 bits per heavy atom. The summed E-state index contributed by atoms with van der Waals surface area (Å²) in [6.07, 6.45) is 0.998. The van der Waals surface area contributed by atoms with Crippen molar-refractivity contribution in [1.82, 2.24) is 25.4 Å². The molecule has 190 valence electrons. The minimum atomic E-state index is -4.46. The summed E-state index contributed by atoms with van der Waals surface area (Å²) >= 11 is 0. The molecule has 2 bridgehead atoms. The van der Waals surface area contributed by atoms with Crippen molar-refractivity contribution in [3.8, 4) is 11.4 Å². The second-order valence-electron chi connectivity index (χ2n) is 10.3. The van der Waals surface area contributed by atoms with Crippen LogP contribution in [0.15, 0.2) is 54.6 Å². The van der Waals surface area contributed by atoms with Gasteiger partial charge in [0.15, 0.2) is 5.82 Å². The molecular weight excluding hydrogens is 467 g/mol. The number of aromatic nitrogens is 3. The summed E-state index contributed by atoms with van der Waals surface area (Å²) < 4.78 is 42.5. The molecule has 2 N–H and O–H groups in total. The van der Waals surface area contributed by atoms with Crippen LogP contribution in [0.5, 0.6) is 0 Å². The summed E-state index contributed by atoms with van der Waals surface area (Å²) in [6, 6.07) is 15.1. The third-order valence-corrected chi connectivity index (χ3v) is 8.14. The zero-order valence-electron chi connectivity index (χ0n) is 20.2. The maximum absolute atomic E-state index is 13.6. The predicted octanol–water partition coefficient (Wildman–Crippen LogP) is 5.59. The van der Waals surface area contributed by atoms with Crippen molar-refractivity contribution < 1.29 is 18.0 Å². The molecule has 2 amide bonds. The van der Waals surface area contributed by atoms with Gasteiger partial charge in [0.2, 0.25) is 0 Å². The maximum atomic E-state index is 13.6. The number of carbonyl (C=O) groups excluding carboxylic acids is 1. The highest BCUT2D eigenvalue weighted by Crippen LogP contribution is 2.57. The highest BCUT2D eigenvalue weighted by Gasteiger charge is 2.51. The quantitative estimate of drug-likeness (QED) is 0.466. The van der Waals surface area contributed by atoms with Crippen molar-refractivity contribution in [3.05, 3.63) is 71.5 Å². The van der Waals surface area contributed by atoms with Crippen molar-refractivity contribution in [1.29, 1.82) is 0 Å². The standard InChI is InChI=1S/C27H30F3N5O/c1-35-22(20-9-5-6-10-21(20)27(28,29)30)33-34-23(35)26-14-11-25(12-15-26,13-16-26)18-32-24(36)31-17-19-7-3-2-4-8-19/h2-10H,11-18H2,1H3,(H2,31,32,36). The summed E-state index contributed by atoms with van der Waals surface area (Å²) in [5.74, 6) is 1.00. The molecule has 0 radical (unpaired) electrons. The molecule has 0 unspecified atom stereocenters. The first kappa shape index (κ1) is 24.3. The van der Waals surface area contributed by atoms with Gasteiger partial charge in [-0.3, -0.25) is 0 Å². The SMILES string of the molecule is Cn1c(-c2ccccc2C(F)(F)F)nnc1C12CCC(CNC(=O)NCc3ccccc3)(CC1)CC2. The lowest BCUT2D eigenvalue weighted by Crippen LogP contribution is -2.51. The Morgan fingerprint density at radius 2 is 1.56 bits per heavy atom. The second-order valence-corrected chi connectivity index (χ2v) is 10.3.